The molecule has 0 aliphatic carbocycles. The number of carbonyl (C=O) groups is 1. The first kappa shape index (κ1) is 16.4. The van der Waals surface area contributed by atoms with Gasteiger partial charge in [-0.1, -0.05) is 6.42 Å². The monoisotopic (exact) mass is 271 g/mol. The Bertz CT molecular complexity index is 238. The molecule has 1 heterocycles. The van der Waals surface area contributed by atoms with Crippen LogP contribution in [0.1, 0.15) is 52.4 Å². The highest BCUT2D eigenvalue weighted by Gasteiger charge is 2.18. The largest absolute Gasteiger partial charge is 0.466 e. The van der Waals surface area contributed by atoms with Crippen molar-refractivity contribution in [3.8, 4) is 0 Å². The van der Waals surface area contributed by atoms with Crippen LogP contribution in [0.5, 0.6) is 0 Å². The number of rotatable bonds is 9. The molecule has 0 amide bonds. The molecule has 4 heteroatoms. The third-order valence-corrected chi connectivity index (χ3v) is 3.60. The topological polar surface area (TPSA) is 38.8 Å². The van der Waals surface area contributed by atoms with E-state index in [1.807, 2.05) is 6.92 Å². The fourth-order valence-corrected chi connectivity index (χ4v) is 2.55. The van der Waals surface area contributed by atoms with Crippen LogP contribution in [0, 0.1) is 0 Å². The van der Waals surface area contributed by atoms with Crippen molar-refractivity contribution in [1.29, 1.82) is 0 Å². The minimum Gasteiger partial charge on any atom is -0.466 e. The zero-order valence-corrected chi connectivity index (χ0v) is 12.5. The van der Waals surface area contributed by atoms with Gasteiger partial charge in [-0.15, -0.1) is 0 Å². The van der Waals surface area contributed by atoms with E-state index in [0.29, 0.717) is 19.1 Å². The fourth-order valence-electron chi connectivity index (χ4n) is 2.55. The Balaban J connectivity index is 1.95. The van der Waals surface area contributed by atoms with E-state index in [1.54, 1.807) is 0 Å². The number of piperidine rings is 1. The van der Waals surface area contributed by atoms with Crippen molar-refractivity contribution in [2.24, 2.45) is 0 Å². The molecule has 1 aliphatic heterocycles. The lowest BCUT2D eigenvalue weighted by Crippen LogP contribution is -2.37. The Morgan fingerprint density at radius 3 is 2.47 bits per heavy atom. The average molecular weight is 271 g/mol. The quantitative estimate of drug-likeness (QED) is 0.477. The highest BCUT2D eigenvalue weighted by Crippen LogP contribution is 2.14. The maximum atomic E-state index is 11.2. The summed E-state index contributed by atoms with van der Waals surface area (Å²) in [6.45, 7) is 8.71. The van der Waals surface area contributed by atoms with Crippen LogP contribution in [0.2, 0.25) is 0 Å². The van der Waals surface area contributed by atoms with E-state index >= 15 is 0 Å². The van der Waals surface area contributed by atoms with Crippen molar-refractivity contribution in [2.75, 3.05) is 32.8 Å². The summed E-state index contributed by atoms with van der Waals surface area (Å²) in [4.78, 5) is 13.7. The average Bonchev–Trinajstić information content (AvgIpc) is 2.41. The van der Waals surface area contributed by atoms with Crippen LogP contribution >= 0.6 is 0 Å². The van der Waals surface area contributed by atoms with Gasteiger partial charge in [0.15, 0.2) is 0 Å². The predicted octanol–water partition coefficient (Wildman–Crippen LogP) is 2.61. The summed E-state index contributed by atoms with van der Waals surface area (Å²) in [5.41, 5.74) is 0. The van der Waals surface area contributed by atoms with E-state index in [9.17, 15) is 4.79 Å². The second kappa shape index (κ2) is 10.2. The maximum absolute atomic E-state index is 11.2. The molecule has 1 fully saturated rings. The van der Waals surface area contributed by atoms with Crippen LogP contribution in [0.25, 0.3) is 0 Å². The van der Waals surface area contributed by atoms with Crippen LogP contribution in [-0.4, -0.2) is 49.8 Å². The fraction of sp³-hybridized carbons (Fsp3) is 0.933. The molecule has 1 aliphatic rings. The van der Waals surface area contributed by atoms with Gasteiger partial charge in [0.25, 0.3) is 0 Å². The minimum atomic E-state index is -0.0555. The van der Waals surface area contributed by atoms with Crippen LogP contribution in [0.4, 0.5) is 0 Å². The number of carbonyl (C=O) groups excluding carboxylic acids is 1. The lowest BCUT2D eigenvalue weighted by Gasteiger charge is -2.31. The smallest absolute Gasteiger partial charge is 0.305 e. The van der Waals surface area contributed by atoms with Crippen LogP contribution in [-0.2, 0) is 14.3 Å². The second-order valence-electron chi connectivity index (χ2n) is 5.11. The standard InChI is InChI=1S/C15H29NO3/c1-3-18-14-9-12-16(13-10-14)11-7-5-6-8-15(17)19-4-2/h14H,3-13H2,1-2H3. The second-order valence-corrected chi connectivity index (χ2v) is 5.11. The highest BCUT2D eigenvalue weighted by atomic mass is 16.5. The van der Waals surface area contributed by atoms with E-state index < -0.39 is 0 Å². The van der Waals surface area contributed by atoms with E-state index in [2.05, 4.69) is 11.8 Å². The van der Waals surface area contributed by atoms with E-state index in [4.69, 9.17) is 9.47 Å². The molecular weight excluding hydrogens is 242 g/mol. The third-order valence-electron chi connectivity index (χ3n) is 3.60. The molecule has 19 heavy (non-hydrogen) atoms. The summed E-state index contributed by atoms with van der Waals surface area (Å²) in [6, 6.07) is 0. The van der Waals surface area contributed by atoms with Gasteiger partial charge in [0.05, 0.1) is 12.7 Å². The highest BCUT2D eigenvalue weighted by molar-refractivity contribution is 5.69. The van der Waals surface area contributed by atoms with Crippen molar-refractivity contribution in [1.82, 2.24) is 4.90 Å². The van der Waals surface area contributed by atoms with Crippen molar-refractivity contribution in [3.05, 3.63) is 0 Å². The number of nitrogens with zero attached hydrogens (tertiary/aromatic N) is 1. The number of hydrogen-bond acceptors (Lipinski definition) is 4. The molecule has 112 valence electrons. The normalized spacial score (nSPS) is 17.6. The molecule has 0 radical (unpaired) electrons. The summed E-state index contributed by atoms with van der Waals surface area (Å²) in [7, 11) is 0. The van der Waals surface area contributed by atoms with Crippen LogP contribution in [0.3, 0.4) is 0 Å². The predicted molar refractivity (Wildman–Crippen MR) is 76.2 cm³/mol. The number of hydrogen-bond donors (Lipinski definition) is 0. The number of esters is 1. The molecule has 0 atom stereocenters. The van der Waals surface area contributed by atoms with Gasteiger partial charge in [0, 0.05) is 26.1 Å². The first-order chi connectivity index (χ1) is 9.26. The zero-order chi connectivity index (χ0) is 13.9. The SMILES string of the molecule is CCOC(=O)CCCCCN1CCC(OCC)CC1. The number of ether oxygens (including phenoxy) is 2. The molecule has 1 saturated heterocycles. The van der Waals surface area contributed by atoms with Crippen LogP contribution < -0.4 is 0 Å². The number of likely N-dealkylation sites (tertiary alicyclic amines) is 1. The third kappa shape index (κ3) is 7.53. The van der Waals surface area contributed by atoms with Crippen molar-refractivity contribution in [3.63, 3.8) is 0 Å². The Kier molecular flexibility index (Phi) is 8.84. The van der Waals surface area contributed by atoms with Gasteiger partial charge in [-0.25, -0.2) is 0 Å². The Morgan fingerprint density at radius 1 is 1.11 bits per heavy atom. The van der Waals surface area contributed by atoms with Gasteiger partial charge in [0.1, 0.15) is 0 Å². The zero-order valence-electron chi connectivity index (χ0n) is 12.5. The van der Waals surface area contributed by atoms with E-state index in [-0.39, 0.29) is 5.97 Å². The van der Waals surface area contributed by atoms with Gasteiger partial charge in [-0.3, -0.25) is 4.79 Å². The Labute approximate surface area is 117 Å². The molecule has 0 aromatic rings. The lowest BCUT2D eigenvalue weighted by molar-refractivity contribution is -0.143. The van der Waals surface area contributed by atoms with Gasteiger partial charge >= 0.3 is 5.97 Å². The molecule has 0 aromatic carbocycles. The maximum Gasteiger partial charge on any atom is 0.305 e. The molecule has 0 N–H and O–H groups in total. The molecule has 0 bridgehead atoms. The van der Waals surface area contributed by atoms with Crippen LogP contribution in [0.15, 0.2) is 0 Å². The summed E-state index contributed by atoms with van der Waals surface area (Å²) < 4.78 is 10.6. The molecule has 0 saturated carbocycles. The number of unbranched alkanes of at least 4 members (excludes halogenated alkanes) is 2. The van der Waals surface area contributed by atoms with Gasteiger partial charge in [-0.2, -0.15) is 0 Å². The summed E-state index contributed by atoms with van der Waals surface area (Å²) in [5, 5.41) is 0. The van der Waals surface area contributed by atoms with Crippen molar-refractivity contribution >= 4 is 5.97 Å². The summed E-state index contributed by atoms with van der Waals surface area (Å²) >= 11 is 0. The van der Waals surface area contributed by atoms with E-state index in [0.717, 1.165) is 51.9 Å². The molecule has 4 nitrogen and oxygen atoms in total. The summed E-state index contributed by atoms with van der Waals surface area (Å²) in [6.07, 6.45) is 6.62. The first-order valence-corrected chi connectivity index (χ1v) is 7.75. The molecular formula is C15H29NO3. The molecule has 1 rings (SSSR count). The summed E-state index contributed by atoms with van der Waals surface area (Å²) in [5.74, 6) is -0.0555. The van der Waals surface area contributed by atoms with E-state index in [1.165, 1.54) is 6.42 Å². The Morgan fingerprint density at radius 2 is 1.84 bits per heavy atom. The van der Waals surface area contributed by atoms with Crippen molar-refractivity contribution < 1.29 is 14.3 Å². The van der Waals surface area contributed by atoms with Gasteiger partial charge < -0.3 is 14.4 Å². The van der Waals surface area contributed by atoms with Crippen molar-refractivity contribution in [2.45, 2.75) is 58.5 Å². The molecule has 0 aromatic heterocycles. The van der Waals surface area contributed by atoms with Gasteiger partial charge in [-0.05, 0) is 46.1 Å². The lowest BCUT2D eigenvalue weighted by atomic mass is 10.1. The molecule has 0 unspecified atom stereocenters. The molecule has 0 spiro atoms. The van der Waals surface area contributed by atoms with Gasteiger partial charge in [0.2, 0.25) is 0 Å². The minimum absolute atomic E-state index is 0.0555. The Hall–Kier alpha value is -0.610. The first-order valence-electron chi connectivity index (χ1n) is 7.75.